The van der Waals surface area contributed by atoms with Crippen molar-refractivity contribution in [1.29, 1.82) is 0 Å². The summed E-state index contributed by atoms with van der Waals surface area (Å²) in [6.07, 6.45) is -1.03. The largest absolute Gasteiger partial charge is 0.467 e. The number of methoxy groups -OCH3 is 1. The summed E-state index contributed by atoms with van der Waals surface area (Å²) in [5, 5.41) is 1.31. The minimum Gasteiger partial charge on any atom is -0.467 e. The van der Waals surface area contributed by atoms with Crippen LogP contribution in [0.5, 0.6) is 0 Å². The summed E-state index contributed by atoms with van der Waals surface area (Å²) in [6, 6.07) is 0. The molecule has 0 saturated carbocycles. The van der Waals surface area contributed by atoms with Crippen molar-refractivity contribution in [2.45, 2.75) is 46.8 Å². The fourth-order valence-corrected chi connectivity index (χ4v) is 2.97. The van der Waals surface area contributed by atoms with E-state index in [0.717, 1.165) is 22.3 Å². The third-order valence-electron chi connectivity index (χ3n) is 3.69. The molecule has 1 atom stereocenters. The third-order valence-corrected chi connectivity index (χ3v) is 4.08. The number of aryl methyl sites for hydroxylation is 3. The van der Waals surface area contributed by atoms with Gasteiger partial charge in [-0.15, -0.1) is 0 Å². The van der Waals surface area contributed by atoms with Crippen LogP contribution in [0.1, 0.15) is 42.5 Å². The van der Waals surface area contributed by atoms with Gasteiger partial charge in [-0.1, -0.05) is 11.6 Å². The normalized spacial score (nSPS) is 12.9. The standard InChI is InChI=1S/C16H21ClN2O3/c1-7(2)22-14(16(20)21-6)12-10(5)19-15-11(13(12)17)8(3)9(4)18-15/h7,14H,1-6H3,(H,18,19). The molecule has 0 fully saturated rings. The number of carbonyl (C=O) groups excluding carboxylic acids is 1. The van der Waals surface area contributed by atoms with Crippen molar-refractivity contribution < 1.29 is 14.3 Å². The quantitative estimate of drug-likeness (QED) is 0.869. The van der Waals surface area contributed by atoms with Gasteiger partial charge in [0.05, 0.1) is 18.2 Å². The van der Waals surface area contributed by atoms with Crippen LogP contribution < -0.4 is 0 Å². The molecule has 120 valence electrons. The van der Waals surface area contributed by atoms with E-state index in [1.165, 1.54) is 7.11 Å². The number of hydrogen-bond donors (Lipinski definition) is 1. The van der Waals surface area contributed by atoms with Crippen LogP contribution in [-0.4, -0.2) is 29.2 Å². The number of ether oxygens (including phenoxy) is 2. The van der Waals surface area contributed by atoms with E-state index in [9.17, 15) is 4.79 Å². The highest BCUT2D eigenvalue weighted by molar-refractivity contribution is 6.36. The number of aromatic amines is 1. The number of fused-ring (bicyclic) bond motifs is 1. The second-order valence-electron chi connectivity index (χ2n) is 5.61. The Kier molecular flexibility index (Phi) is 4.78. The molecule has 2 aromatic rings. The van der Waals surface area contributed by atoms with Crippen LogP contribution in [0.15, 0.2) is 0 Å². The van der Waals surface area contributed by atoms with Gasteiger partial charge in [0.1, 0.15) is 5.65 Å². The number of halogens is 1. The summed E-state index contributed by atoms with van der Waals surface area (Å²) in [5.74, 6) is -0.482. The van der Waals surface area contributed by atoms with Gasteiger partial charge in [0, 0.05) is 22.3 Å². The van der Waals surface area contributed by atoms with Crippen molar-refractivity contribution in [3.63, 3.8) is 0 Å². The highest BCUT2D eigenvalue weighted by Gasteiger charge is 2.30. The zero-order chi connectivity index (χ0) is 16.6. The maximum Gasteiger partial charge on any atom is 0.339 e. The number of rotatable bonds is 4. The summed E-state index contributed by atoms with van der Waals surface area (Å²) in [7, 11) is 1.33. The Hall–Kier alpha value is -1.59. The van der Waals surface area contributed by atoms with Crippen molar-refractivity contribution in [1.82, 2.24) is 9.97 Å². The van der Waals surface area contributed by atoms with Gasteiger partial charge in [-0.25, -0.2) is 9.78 Å². The summed E-state index contributed by atoms with van der Waals surface area (Å²) in [5.41, 5.74) is 3.95. The second kappa shape index (κ2) is 6.26. The van der Waals surface area contributed by atoms with E-state index in [1.54, 1.807) is 0 Å². The van der Waals surface area contributed by atoms with Crippen LogP contribution in [0.4, 0.5) is 0 Å². The topological polar surface area (TPSA) is 64.2 Å². The number of nitrogens with zero attached hydrogens (tertiary/aromatic N) is 1. The molecule has 2 heterocycles. The Morgan fingerprint density at radius 1 is 1.27 bits per heavy atom. The third kappa shape index (κ3) is 2.83. The lowest BCUT2D eigenvalue weighted by molar-refractivity contribution is -0.157. The molecule has 0 aliphatic carbocycles. The first-order valence-electron chi connectivity index (χ1n) is 7.16. The maximum absolute atomic E-state index is 12.1. The fourth-order valence-electron chi connectivity index (χ4n) is 2.50. The maximum atomic E-state index is 12.1. The molecule has 0 bridgehead atoms. The molecule has 0 aliphatic rings. The van der Waals surface area contributed by atoms with E-state index in [-0.39, 0.29) is 6.10 Å². The smallest absolute Gasteiger partial charge is 0.339 e. The number of aromatic nitrogens is 2. The monoisotopic (exact) mass is 324 g/mol. The van der Waals surface area contributed by atoms with Crippen molar-refractivity contribution in [2.24, 2.45) is 0 Å². The Morgan fingerprint density at radius 2 is 1.91 bits per heavy atom. The lowest BCUT2D eigenvalue weighted by Gasteiger charge is -2.21. The zero-order valence-electron chi connectivity index (χ0n) is 13.7. The number of pyridine rings is 1. The Labute approximate surface area is 135 Å². The van der Waals surface area contributed by atoms with Gasteiger partial charge in [-0.05, 0) is 40.2 Å². The molecule has 22 heavy (non-hydrogen) atoms. The van der Waals surface area contributed by atoms with Crippen molar-refractivity contribution >= 4 is 28.6 Å². The average Bonchev–Trinajstić information content (AvgIpc) is 2.71. The lowest BCUT2D eigenvalue weighted by Crippen LogP contribution is -2.22. The highest BCUT2D eigenvalue weighted by Crippen LogP contribution is 2.37. The van der Waals surface area contributed by atoms with Gasteiger partial charge >= 0.3 is 5.97 Å². The molecular formula is C16H21ClN2O3. The number of nitrogens with one attached hydrogen (secondary N) is 1. The van der Waals surface area contributed by atoms with Crippen LogP contribution in [0.25, 0.3) is 11.0 Å². The number of hydrogen-bond acceptors (Lipinski definition) is 4. The fraction of sp³-hybridized carbons (Fsp3) is 0.500. The minimum absolute atomic E-state index is 0.149. The molecular weight excluding hydrogens is 304 g/mol. The van der Waals surface area contributed by atoms with Gasteiger partial charge < -0.3 is 14.5 Å². The van der Waals surface area contributed by atoms with Crippen LogP contribution in [0.2, 0.25) is 5.02 Å². The van der Waals surface area contributed by atoms with Crippen LogP contribution >= 0.6 is 11.6 Å². The molecule has 5 nitrogen and oxygen atoms in total. The zero-order valence-corrected chi connectivity index (χ0v) is 14.5. The van der Waals surface area contributed by atoms with Gasteiger partial charge in [-0.2, -0.15) is 0 Å². The molecule has 2 rings (SSSR count). The van der Waals surface area contributed by atoms with Gasteiger partial charge in [0.25, 0.3) is 0 Å². The Morgan fingerprint density at radius 3 is 2.45 bits per heavy atom. The van der Waals surface area contributed by atoms with E-state index in [2.05, 4.69) is 9.97 Å². The molecule has 0 radical (unpaired) electrons. The molecule has 0 amide bonds. The Bertz CT molecular complexity index is 722. The average molecular weight is 325 g/mol. The first-order valence-corrected chi connectivity index (χ1v) is 7.53. The molecule has 0 aromatic carbocycles. The van der Waals surface area contributed by atoms with E-state index < -0.39 is 12.1 Å². The van der Waals surface area contributed by atoms with Crippen LogP contribution in [-0.2, 0) is 14.3 Å². The molecule has 2 aromatic heterocycles. The van der Waals surface area contributed by atoms with Crippen molar-refractivity contribution in [2.75, 3.05) is 7.11 Å². The second-order valence-corrected chi connectivity index (χ2v) is 5.99. The van der Waals surface area contributed by atoms with Gasteiger partial charge in [0.2, 0.25) is 0 Å². The van der Waals surface area contributed by atoms with E-state index in [4.69, 9.17) is 21.1 Å². The summed E-state index contributed by atoms with van der Waals surface area (Å²) < 4.78 is 10.6. The molecule has 6 heteroatoms. The number of H-pyrrole nitrogens is 1. The molecule has 0 aliphatic heterocycles. The SMILES string of the molecule is COC(=O)C(OC(C)C)c1c(C)nc2[nH]c(C)c(C)c2c1Cl. The molecule has 1 N–H and O–H groups in total. The Balaban J connectivity index is 2.71. The summed E-state index contributed by atoms with van der Waals surface area (Å²) in [6.45, 7) is 9.46. The predicted molar refractivity (Wildman–Crippen MR) is 86.3 cm³/mol. The first kappa shape index (κ1) is 16.8. The minimum atomic E-state index is -0.885. The van der Waals surface area contributed by atoms with Crippen LogP contribution in [0.3, 0.4) is 0 Å². The molecule has 1 unspecified atom stereocenters. The molecule has 0 spiro atoms. The number of esters is 1. The summed E-state index contributed by atoms with van der Waals surface area (Å²) >= 11 is 6.60. The molecule has 0 saturated heterocycles. The lowest BCUT2D eigenvalue weighted by atomic mass is 10.0. The van der Waals surface area contributed by atoms with E-state index >= 15 is 0 Å². The van der Waals surface area contributed by atoms with Gasteiger partial charge in [0.15, 0.2) is 6.10 Å². The number of carbonyl (C=O) groups is 1. The van der Waals surface area contributed by atoms with Crippen LogP contribution in [0, 0.1) is 20.8 Å². The van der Waals surface area contributed by atoms with Crippen molar-refractivity contribution in [3.05, 3.63) is 27.5 Å². The van der Waals surface area contributed by atoms with E-state index in [1.807, 2.05) is 34.6 Å². The predicted octanol–water partition coefficient (Wildman–Crippen LogP) is 3.78. The summed E-state index contributed by atoms with van der Waals surface area (Å²) in [4.78, 5) is 19.9. The van der Waals surface area contributed by atoms with Crippen molar-refractivity contribution in [3.8, 4) is 0 Å². The van der Waals surface area contributed by atoms with E-state index in [0.29, 0.717) is 16.3 Å². The highest BCUT2D eigenvalue weighted by atomic mass is 35.5. The first-order chi connectivity index (χ1) is 10.3. The van der Waals surface area contributed by atoms with Gasteiger partial charge in [-0.3, -0.25) is 0 Å².